The van der Waals surface area contributed by atoms with Crippen molar-refractivity contribution in [2.45, 2.75) is 19.1 Å². The number of carbonyl (C=O) groups excluding carboxylic acids is 1. The van der Waals surface area contributed by atoms with Crippen LogP contribution in [0.4, 0.5) is 5.69 Å². The van der Waals surface area contributed by atoms with Crippen molar-refractivity contribution in [3.8, 4) is 23.1 Å². The second kappa shape index (κ2) is 7.33. The first-order valence-corrected chi connectivity index (χ1v) is 8.46. The molecule has 136 valence electrons. The molecule has 0 bridgehead atoms. The highest BCUT2D eigenvalue weighted by Crippen LogP contribution is 2.33. The summed E-state index contributed by atoms with van der Waals surface area (Å²) in [6, 6.07) is 14.2. The zero-order valence-corrected chi connectivity index (χ0v) is 14.5. The van der Waals surface area contributed by atoms with Gasteiger partial charge in [-0.2, -0.15) is 0 Å². The van der Waals surface area contributed by atoms with Crippen molar-refractivity contribution in [1.29, 1.82) is 0 Å². The maximum absolute atomic E-state index is 12.6. The van der Waals surface area contributed by atoms with Crippen molar-refractivity contribution in [3.63, 3.8) is 0 Å². The van der Waals surface area contributed by atoms with Crippen LogP contribution < -0.4 is 19.5 Å². The van der Waals surface area contributed by atoms with Gasteiger partial charge in [0.25, 0.3) is 5.91 Å². The Morgan fingerprint density at radius 2 is 1.78 bits per heavy atom. The number of fused-ring (bicyclic) bond motifs is 1. The standard InChI is InChI=1S/C20H17N3O4/c1-13-19(27-17-5-3-2-4-16(17)25-13)20(24)23-14-6-8-15(9-7-14)26-18-12-21-10-11-22-18/h2-13,19H,1H3,(H,23,24). The molecule has 2 heterocycles. The van der Waals surface area contributed by atoms with Crippen molar-refractivity contribution < 1.29 is 19.0 Å². The molecule has 0 aliphatic carbocycles. The van der Waals surface area contributed by atoms with Crippen molar-refractivity contribution in [1.82, 2.24) is 9.97 Å². The van der Waals surface area contributed by atoms with E-state index in [1.165, 1.54) is 6.20 Å². The van der Waals surface area contributed by atoms with Crippen molar-refractivity contribution in [2.24, 2.45) is 0 Å². The molecule has 2 aromatic carbocycles. The molecule has 27 heavy (non-hydrogen) atoms. The van der Waals surface area contributed by atoms with Gasteiger partial charge in [0.1, 0.15) is 11.9 Å². The number of amides is 1. The lowest BCUT2D eigenvalue weighted by Gasteiger charge is -2.31. The predicted molar refractivity (Wildman–Crippen MR) is 98.1 cm³/mol. The number of nitrogens with one attached hydrogen (secondary N) is 1. The monoisotopic (exact) mass is 363 g/mol. The molecule has 1 aliphatic heterocycles. The Morgan fingerprint density at radius 1 is 1.04 bits per heavy atom. The number of rotatable bonds is 4. The SMILES string of the molecule is CC1Oc2ccccc2OC1C(=O)Nc1ccc(Oc2cnccn2)cc1. The highest BCUT2D eigenvalue weighted by molar-refractivity contribution is 5.95. The van der Waals surface area contributed by atoms with Crippen LogP contribution in [0.2, 0.25) is 0 Å². The number of aromatic nitrogens is 2. The first kappa shape index (κ1) is 16.8. The summed E-state index contributed by atoms with van der Waals surface area (Å²) in [5, 5.41) is 2.84. The van der Waals surface area contributed by atoms with Crippen LogP contribution in [0.25, 0.3) is 0 Å². The summed E-state index contributed by atoms with van der Waals surface area (Å²) in [6.07, 6.45) is 3.50. The predicted octanol–water partition coefficient (Wildman–Crippen LogP) is 3.44. The minimum Gasteiger partial charge on any atom is -0.482 e. The third kappa shape index (κ3) is 3.82. The number of para-hydroxylation sites is 2. The Labute approximate surface area is 155 Å². The molecular formula is C20H17N3O4. The molecule has 1 aromatic heterocycles. The highest BCUT2D eigenvalue weighted by atomic mass is 16.6. The lowest BCUT2D eigenvalue weighted by Crippen LogP contribution is -2.46. The third-order valence-electron chi connectivity index (χ3n) is 3.98. The lowest BCUT2D eigenvalue weighted by atomic mass is 10.1. The Hall–Kier alpha value is -3.61. The maximum atomic E-state index is 12.6. The van der Waals surface area contributed by atoms with E-state index in [0.29, 0.717) is 28.8 Å². The first-order valence-electron chi connectivity index (χ1n) is 8.46. The Kier molecular flexibility index (Phi) is 4.57. The fourth-order valence-corrected chi connectivity index (χ4v) is 2.68. The van der Waals surface area contributed by atoms with E-state index in [2.05, 4.69) is 15.3 Å². The molecule has 1 amide bonds. The summed E-state index contributed by atoms with van der Waals surface area (Å²) in [7, 11) is 0. The molecule has 2 atom stereocenters. The third-order valence-corrected chi connectivity index (χ3v) is 3.98. The fraction of sp³-hybridized carbons (Fsp3) is 0.150. The molecule has 1 N–H and O–H groups in total. The molecule has 1 aliphatic rings. The van der Waals surface area contributed by atoms with Crippen molar-refractivity contribution in [3.05, 3.63) is 67.1 Å². The largest absolute Gasteiger partial charge is 0.482 e. The van der Waals surface area contributed by atoms with Crippen LogP contribution in [0.5, 0.6) is 23.1 Å². The fourth-order valence-electron chi connectivity index (χ4n) is 2.68. The number of hydrogen-bond acceptors (Lipinski definition) is 6. The molecule has 0 fully saturated rings. The van der Waals surface area contributed by atoms with Crippen LogP contribution in [0.3, 0.4) is 0 Å². The van der Waals surface area contributed by atoms with Crippen LogP contribution >= 0.6 is 0 Å². The summed E-state index contributed by atoms with van der Waals surface area (Å²) >= 11 is 0. The second-order valence-electron chi connectivity index (χ2n) is 5.97. The lowest BCUT2D eigenvalue weighted by molar-refractivity contribution is -0.128. The normalized spacial score (nSPS) is 17.8. The second-order valence-corrected chi connectivity index (χ2v) is 5.97. The van der Waals surface area contributed by atoms with E-state index in [1.807, 2.05) is 18.2 Å². The van der Waals surface area contributed by atoms with Crippen LogP contribution in [0.15, 0.2) is 67.1 Å². The first-order chi connectivity index (χ1) is 13.2. The Morgan fingerprint density at radius 3 is 2.48 bits per heavy atom. The van der Waals surface area contributed by atoms with Crippen LogP contribution in [0, 0.1) is 0 Å². The molecule has 7 nitrogen and oxygen atoms in total. The molecule has 0 saturated carbocycles. The molecule has 7 heteroatoms. The van der Waals surface area contributed by atoms with Crippen LogP contribution in [0.1, 0.15) is 6.92 Å². The average molecular weight is 363 g/mol. The van der Waals surface area contributed by atoms with Gasteiger partial charge in [-0.15, -0.1) is 0 Å². The molecule has 2 unspecified atom stereocenters. The van der Waals surface area contributed by atoms with Gasteiger partial charge in [-0.05, 0) is 43.3 Å². The zero-order chi connectivity index (χ0) is 18.6. The van der Waals surface area contributed by atoms with E-state index < -0.39 is 12.2 Å². The Bertz CT molecular complexity index is 931. The Balaban J connectivity index is 1.41. The van der Waals surface area contributed by atoms with Gasteiger partial charge in [0.2, 0.25) is 12.0 Å². The van der Waals surface area contributed by atoms with E-state index >= 15 is 0 Å². The maximum Gasteiger partial charge on any atom is 0.269 e. The number of carbonyl (C=O) groups is 1. The molecule has 0 radical (unpaired) electrons. The van der Waals surface area contributed by atoms with E-state index in [0.717, 1.165) is 0 Å². The smallest absolute Gasteiger partial charge is 0.269 e. The summed E-state index contributed by atoms with van der Waals surface area (Å²) in [6.45, 7) is 1.80. The van der Waals surface area contributed by atoms with Gasteiger partial charge in [-0.1, -0.05) is 12.1 Å². The van der Waals surface area contributed by atoms with Gasteiger partial charge >= 0.3 is 0 Å². The van der Waals surface area contributed by atoms with Gasteiger partial charge in [-0.25, -0.2) is 4.98 Å². The van der Waals surface area contributed by atoms with Crippen molar-refractivity contribution in [2.75, 3.05) is 5.32 Å². The van der Waals surface area contributed by atoms with Gasteiger partial charge in [-0.3, -0.25) is 9.78 Å². The van der Waals surface area contributed by atoms with Gasteiger partial charge in [0.05, 0.1) is 6.20 Å². The van der Waals surface area contributed by atoms with E-state index in [-0.39, 0.29) is 5.91 Å². The minimum absolute atomic E-state index is 0.278. The van der Waals surface area contributed by atoms with Gasteiger partial charge < -0.3 is 19.5 Å². The van der Waals surface area contributed by atoms with Crippen LogP contribution in [-0.4, -0.2) is 28.1 Å². The number of anilines is 1. The summed E-state index contributed by atoms with van der Waals surface area (Å²) in [5.41, 5.74) is 0.626. The quantitative estimate of drug-likeness (QED) is 0.765. The molecule has 0 spiro atoms. The molecule has 3 aromatic rings. The number of benzene rings is 2. The van der Waals surface area contributed by atoms with E-state index in [4.69, 9.17) is 14.2 Å². The number of nitrogens with zero attached hydrogens (tertiary/aromatic N) is 2. The van der Waals surface area contributed by atoms with Gasteiger partial charge in [0.15, 0.2) is 11.5 Å². The molecule has 4 rings (SSSR count). The average Bonchev–Trinajstić information content (AvgIpc) is 2.69. The topological polar surface area (TPSA) is 82.6 Å². The molecule has 0 saturated heterocycles. The summed E-state index contributed by atoms with van der Waals surface area (Å²) < 4.78 is 17.2. The molecular weight excluding hydrogens is 346 g/mol. The number of ether oxygens (including phenoxy) is 3. The van der Waals surface area contributed by atoms with Gasteiger partial charge in [0, 0.05) is 18.1 Å². The van der Waals surface area contributed by atoms with Crippen molar-refractivity contribution >= 4 is 11.6 Å². The highest BCUT2D eigenvalue weighted by Gasteiger charge is 2.34. The van der Waals surface area contributed by atoms with E-state index in [1.54, 1.807) is 49.6 Å². The summed E-state index contributed by atoms with van der Waals surface area (Å²) in [5.74, 6) is 1.91. The van der Waals surface area contributed by atoms with E-state index in [9.17, 15) is 4.79 Å². The minimum atomic E-state index is -0.740. The van der Waals surface area contributed by atoms with Crippen LogP contribution in [-0.2, 0) is 4.79 Å². The number of hydrogen-bond donors (Lipinski definition) is 1. The zero-order valence-electron chi connectivity index (χ0n) is 14.5. The summed E-state index contributed by atoms with van der Waals surface area (Å²) in [4.78, 5) is 20.6.